The minimum atomic E-state index is -0.824. The monoisotopic (exact) mass is 478 g/mol. The van der Waals surface area contributed by atoms with Gasteiger partial charge in [-0.2, -0.15) is 5.48 Å². The van der Waals surface area contributed by atoms with Crippen LogP contribution in [0.4, 0.5) is 0 Å². The van der Waals surface area contributed by atoms with Crippen molar-refractivity contribution in [1.82, 2.24) is 15.7 Å². The van der Waals surface area contributed by atoms with E-state index in [1.54, 1.807) is 0 Å². The molecule has 4 N–H and O–H groups in total. The number of aliphatic imine (C=N–C) groups is 1. The Kier molecular flexibility index (Phi) is 7.27. The number of fused-ring (bicyclic) bond motifs is 1. The molecule has 0 aliphatic carbocycles. The van der Waals surface area contributed by atoms with Crippen molar-refractivity contribution in [3.63, 3.8) is 0 Å². The minimum absolute atomic E-state index is 0.00733. The predicted octanol–water partition coefficient (Wildman–Crippen LogP) is 2.59. The van der Waals surface area contributed by atoms with Crippen molar-refractivity contribution in [2.45, 2.75) is 56.0 Å². The van der Waals surface area contributed by atoms with Gasteiger partial charge in [0.2, 0.25) is 0 Å². The van der Waals surface area contributed by atoms with Crippen molar-refractivity contribution in [3.05, 3.63) is 70.8 Å². The number of carboxylic acid groups (broad SMARTS) is 1. The van der Waals surface area contributed by atoms with Crippen LogP contribution in [0.1, 0.15) is 60.1 Å². The Morgan fingerprint density at radius 2 is 1.94 bits per heavy atom. The first-order valence-electron chi connectivity index (χ1n) is 12.5. The van der Waals surface area contributed by atoms with Gasteiger partial charge < -0.3 is 10.2 Å². The van der Waals surface area contributed by atoms with Gasteiger partial charge in [-0.25, -0.2) is 0 Å². The van der Waals surface area contributed by atoms with Crippen LogP contribution in [-0.4, -0.2) is 65.2 Å². The summed E-state index contributed by atoms with van der Waals surface area (Å²) in [7, 11) is 0. The van der Waals surface area contributed by atoms with Crippen LogP contribution in [0.5, 0.6) is 0 Å². The molecule has 2 aromatic carbocycles. The van der Waals surface area contributed by atoms with Gasteiger partial charge in [0, 0.05) is 32.3 Å². The third kappa shape index (κ3) is 5.97. The summed E-state index contributed by atoms with van der Waals surface area (Å²) >= 11 is 0. The molecule has 2 aromatic rings. The molecule has 8 heteroatoms. The number of hydrogen-bond acceptors (Lipinski definition) is 7. The van der Waals surface area contributed by atoms with E-state index >= 15 is 0 Å². The molecule has 0 aromatic heterocycles. The zero-order valence-electron chi connectivity index (χ0n) is 19.9. The molecule has 186 valence electrons. The number of aliphatic hydroxyl groups is 1. The molecule has 0 saturated carbocycles. The van der Waals surface area contributed by atoms with Gasteiger partial charge in [-0.1, -0.05) is 48.5 Å². The van der Waals surface area contributed by atoms with Crippen molar-refractivity contribution in [2.24, 2.45) is 4.99 Å². The zero-order chi connectivity index (χ0) is 24.3. The average molecular weight is 479 g/mol. The molecule has 0 amide bonds. The Morgan fingerprint density at radius 3 is 2.71 bits per heavy atom. The number of benzene rings is 2. The van der Waals surface area contributed by atoms with Crippen LogP contribution < -0.4 is 10.8 Å². The Bertz CT molecular complexity index is 1050. The summed E-state index contributed by atoms with van der Waals surface area (Å²) in [6.07, 6.45) is 5.36. The number of carboxylic acids is 1. The summed E-state index contributed by atoms with van der Waals surface area (Å²) in [5.74, 6) is -0.824. The maximum absolute atomic E-state index is 11.0. The maximum atomic E-state index is 11.0. The van der Waals surface area contributed by atoms with Crippen molar-refractivity contribution < 1.29 is 19.8 Å². The first kappa shape index (κ1) is 24.1. The van der Waals surface area contributed by atoms with Crippen molar-refractivity contribution in [3.8, 4) is 0 Å². The Labute approximate surface area is 206 Å². The number of nitrogens with one attached hydrogen (secondary N) is 2. The first-order chi connectivity index (χ1) is 17.0. The van der Waals surface area contributed by atoms with Crippen LogP contribution in [-0.2, 0) is 16.1 Å². The molecule has 5 rings (SSSR count). The number of nitrogens with zero attached hydrogens (tertiary/aromatic N) is 2. The molecular weight excluding hydrogens is 444 g/mol. The maximum Gasteiger partial charge on any atom is 0.317 e. The number of rotatable bonds is 7. The third-order valence-electron chi connectivity index (χ3n) is 7.42. The van der Waals surface area contributed by atoms with Crippen LogP contribution in [0, 0.1) is 0 Å². The molecule has 2 saturated heterocycles. The first-order valence-corrected chi connectivity index (χ1v) is 12.5. The van der Waals surface area contributed by atoms with E-state index in [1.165, 1.54) is 11.1 Å². The lowest BCUT2D eigenvalue weighted by Crippen LogP contribution is -2.47. The van der Waals surface area contributed by atoms with Crippen molar-refractivity contribution in [2.75, 3.05) is 26.2 Å². The highest BCUT2D eigenvalue weighted by Gasteiger charge is 2.38. The number of piperidine rings is 1. The van der Waals surface area contributed by atoms with Gasteiger partial charge in [-0.15, -0.1) is 0 Å². The minimum Gasteiger partial charge on any atom is -0.480 e. The molecular formula is C27H34N4O4. The van der Waals surface area contributed by atoms with Crippen LogP contribution in [0.3, 0.4) is 0 Å². The van der Waals surface area contributed by atoms with Gasteiger partial charge in [0.25, 0.3) is 0 Å². The fourth-order valence-electron chi connectivity index (χ4n) is 5.40. The molecule has 3 atom stereocenters. The molecule has 2 fully saturated rings. The highest BCUT2D eigenvalue weighted by atomic mass is 16.7. The molecule has 3 heterocycles. The number of aliphatic carboxylic acids is 1. The molecule has 35 heavy (non-hydrogen) atoms. The van der Waals surface area contributed by atoms with E-state index in [2.05, 4.69) is 59.3 Å². The summed E-state index contributed by atoms with van der Waals surface area (Å²) in [5, 5.41) is 23.4. The Morgan fingerprint density at radius 1 is 1.17 bits per heavy atom. The van der Waals surface area contributed by atoms with Crippen molar-refractivity contribution >= 4 is 12.2 Å². The Balaban J connectivity index is 1.13. The fourth-order valence-corrected chi connectivity index (χ4v) is 5.40. The Hall–Kier alpha value is -2.62. The van der Waals surface area contributed by atoms with Crippen LogP contribution in [0.25, 0.3) is 0 Å². The number of hydrogen-bond donors (Lipinski definition) is 4. The lowest BCUT2D eigenvalue weighted by atomic mass is 9.84. The quantitative estimate of drug-likeness (QED) is 0.453. The molecule has 3 aliphatic rings. The standard InChI is InChI=1S/C27H34N4O4/c32-25(33)18-31-13-10-27(34,11-14-31)16-22-15-24(30-35-22)21-7-5-19(6-8-21)17-29-26-23-4-2-1-3-20(23)9-12-28-26/h1-8,17,22,24,26,28,30,34H,9-16,18H2,(H,32,33). The van der Waals surface area contributed by atoms with E-state index in [9.17, 15) is 9.90 Å². The number of carbonyl (C=O) groups is 1. The van der Waals surface area contributed by atoms with Gasteiger partial charge >= 0.3 is 5.97 Å². The van der Waals surface area contributed by atoms with E-state index in [1.807, 2.05) is 11.1 Å². The molecule has 3 aliphatic heterocycles. The van der Waals surface area contributed by atoms with E-state index in [4.69, 9.17) is 14.9 Å². The van der Waals surface area contributed by atoms with Crippen LogP contribution >= 0.6 is 0 Å². The van der Waals surface area contributed by atoms with Gasteiger partial charge in [0.15, 0.2) is 0 Å². The summed E-state index contributed by atoms with van der Waals surface area (Å²) in [4.78, 5) is 23.4. The smallest absolute Gasteiger partial charge is 0.317 e. The van der Waals surface area contributed by atoms with Crippen molar-refractivity contribution in [1.29, 1.82) is 0 Å². The second-order valence-corrected chi connectivity index (χ2v) is 9.99. The lowest BCUT2D eigenvalue weighted by Gasteiger charge is -2.38. The fraction of sp³-hybridized carbons (Fsp3) is 0.481. The van der Waals surface area contributed by atoms with E-state index < -0.39 is 11.6 Å². The molecule has 0 spiro atoms. The van der Waals surface area contributed by atoms with E-state index in [0.717, 1.165) is 30.5 Å². The number of hydroxylamine groups is 1. The SMILES string of the molecule is O=C(O)CN1CCC(O)(CC2CC(c3ccc(C=NC4NCCc5ccccc54)cc3)NO2)CC1. The lowest BCUT2D eigenvalue weighted by molar-refractivity contribution is -0.140. The van der Waals surface area contributed by atoms with Crippen LogP contribution in [0.2, 0.25) is 0 Å². The zero-order valence-corrected chi connectivity index (χ0v) is 19.9. The summed E-state index contributed by atoms with van der Waals surface area (Å²) in [6.45, 7) is 2.15. The predicted molar refractivity (Wildman–Crippen MR) is 133 cm³/mol. The average Bonchev–Trinajstić information content (AvgIpc) is 3.32. The molecule has 3 unspecified atom stereocenters. The largest absolute Gasteiger partial charge is 0.480 e. The second-order valence-electron chi connectivity index (χ2n) is 9.99. The van der Waals surface area contributed by atoms with Gasteiger partial charge in [-0.3, -0.25) is 24.8 Å². The highest BCUT2D eigenvalue weighted by Crippen LogP contribution is 2.34. The summed E-state index contributed by atoms with van der Waals surface area (Å²) < 4.78 is 0. The summed E-state index contributed by atoms with van der Waals surface area (Å²) in [5.41, 5.74) is 7.14. The van der Waals surface area contributed by atoms with E-state index in [0.29, 0.717) is 32.4 Å². The second kappa shape index (κ2) is 10.6. The topological polar surface area (TPSA) is 106 Å². The van der Waals surface area contributed by atoms with Gasteiger partial charge in [0.05, 0.1) is 24.3 Å². The molecule has 0 radical (unpaired) electrons. The molecule has 8 nitrogen and oxygen atoms in total. The number of likely N-dealkylation sites (tertiary alicyclic amines) is 1. The third-order valence-corrected chi connectivity index (χ3v) is 7.42. The van der Waals surface area contributed by atoms with Gasteiger partial charge in [-0.05, 0) is 47.9 Å². The summed E-state index contributed by atoms with van der Waals surface area (Å²) in [6, 6.07) is 16.9. The normalized spacial score (nSPS) is 26.6. The van der Waals surface area contributed by atoms with Crippen LogP contribution in [0.15, 0.2) is 53.5 Å². The van der Waals surface area contributed by atoms with Gasteiger partial charge in [0.1, 0.15) is 6.17 Å². The van der Waals surface area contributed by atoms with E-state index in [-0.39, 0.29) is 24.9 Å². The highest BCUT2D eigenvalue weighted by molar-refractivity contribution is 5.79. The molecule has 0 bridgehead atoms.